The van der Waals surface area contributed by atoms with Crippen molar-refractivity contribution in [2.24, 2.45) is 0 Å². The van der Waals surface area contributed by atoms with Crippen LogP contribution >= 0.6 is 0 Å². The summed E-state index contributed by atoms with van der Waals surface area (Å²) in [6.45, 7) is 1.06. The third kappa shape index (κ3) is 2.50. The summed E-state index contributed by atoms with van der Waals surface area (Å²) in [5.74, 6) is 0.699. The van der Waals surface area contributed by atoms with Gasteiger partial charge in [0.05, 0.1) is 6.26 Å². The van der Waals surface area contributed by atoms with Gasteiger partial charge in [-0.3, -0.25) is 0 Å². The van der Waals surface area contributed by atoms with Crippen LogP contribution in [0, 0.1) is 0 Å². The van der Waals surface area contributed by atoms with Crippen LogP contribution in [0.5, 0.6) is 0 Å². The summed E-state index contributed by atoms with van der Waals surface area (Å²) in [4.78, 5) is 4.46. The van der Waals surface area contributed by atoms with Gasteiger partial charge in [0.25, 0.3) is 0 Å². The Hall–Kier alpha value is -1.40. The van der Waals surface area contributed by atoms with Gasteiger partial charge in [-0.2, -0.15) is 0 Å². The first-order valence-corrected chi connectivity index (χ1v) is 8.19. The van der Waals surface area contributed by atoms with Crippen molar-refractivity contribution in [3.63, 3.8) is 0 Å². The highest BCUT2D eigenvalue weighted by Crippen LogP contribution is 2.29. The minimum absolute atomic E-state index is 0.0517. The van der Waals surface area contributed by atoms with Crippen molar-refractivity contribution in [2.45, 2.75) is 18.8 Å². The van der Waals surface area contributed by atoms with E-state index in [-0.39, 0.29) is 5.92 Å². The molecular weight excluding hydrogens is 264 g/mol. The fraction of sp³-hybridized carbons (Fsp3) is 0.462. The lowest BCUT2D eigenvalue weighted by molar-refractivity contribution is 0.290. The van der Waals surface area contributed by atoms with E-state index in [1.807, 2.05) is 24.3 Å². The normalized spacial score (nSPS) is 21.8. The number of fused-ring (bicyclic) bond motifs is 1. The molecule has 1 saturated heterocycles. The summed E-state index contributed by atoms with van der Waals surface area (Å²) in [5.41, 5.74) is 1.59. The zero-order valence-electron chi connectivity index (χ0n) is 10.7. The third-order valence-corrected chi connectivity index (χ3v) is 4.78. The van der Waals surface area contributed by atoms with Crippen LogP contribution in [0.2, 0.25) is 0 Å². The summed E-state index contributed by atoms with van der Waals surface area (Å²) in [6.07, 6.45) is 3.01. The van der Waals surface area contributed by atoms with Gasteiger partial charge in [0.2, 0.25) is 10.0 Å². The van der Waals surface area contributed by atoms with Crippen molar-refractivity contribution < 1.29 is 12.8 Å². The number of oxazole rings is 1. The number of piperidine rings is 1. The highest BCUT2D eigenvalue weighted by molar-refractivity contribution is 7.88. The predicted octanol–water partition coefficient (Wildman–Crippen LogP) is 1.97. The predicted molar refractivity (Wildman–Crippen MR) is 72.4 cm³/mol. The summed E-state index contributed by atoms with van der Waals surface area (Å²) in [6, 6.07) is 7.60. The second-order valence-corrected chi connectivity index (χ2v) is 6.96. The minimum atomic E-state index is -3.13. The Morgan fingerprint density at radius 1 is 1.37 bits per heavy atom. The Labute approximate surface area is 112 Å². The van der Waals surface area contributed by atoms with E-state index in [4.69, 9.17) is 4.42 Å². The van der Waals surface area contributed by atoms with Crippen LogP contribution in [0.15, 0.2) is 28.7 Å². The molecule has 0 bridgehead atoms. The second-order valence-electron chi connectivity index (χ2n) is 4.98. The number of sulfonamides is 1. The molecular formula is C13H16N2O3S. The van der Waals surface area contributed by atoms with E-state index in [1.165, 1.54) is 10.6 Å². The molecule has 1 aromatic heterocycles. The molecule has 1 unspecified atom stereocenters. The molecule has 1 aromatic carbocycles. The molecule has 0 amide bonds. The van der Waals surface area contributed by atoms with E-state index in [2.05, 4.69) is 4.98 Å². The molecule has 2 heterocycles. The van der Waals surface area contributed by atoms with E-state index in [0.717, 1.165) is 23.9 Å². The Morgan fingerprint density at radius 2 is 2.16 bits per heavy atom. The lowest BCUT2D eigenvalue weighted by Crippen LogP contribution is -2.38. The molecule has 0 N–H and O–H groups in total. The van der Waals surface area contributed by atoms with E-state index in [9.17, 15) is 8.42 Å². The van der Waals surface area contributed by atoms with Crippen LogP contribution in [0.3, 0.4) is 0 Å². The largest absolute Gasteiger partial charge is 0.440 e. The maximum Gasteiger partial charge on any atom is 0.211 e. The number of para-hydroxylation sites is 2. The van der Waals surface area contributed by atoms with Gasteiger partial charge in [0.15, 0.2) is 11.5 Å². The average molecular weight is 280 g/mol. The molecule has 0 aliphatic carbocycles. The lowest BCUT2D eigenvalue weighted by Gasteiger charge is -2.29. The van der Waals surface area contributed by atoms with Gasteiger partial charge < -0.3 is 4.42 Å². The summed E-state index contributed by atoms with van der Waals surface area (Å²) in [5, 5.41) is 0. The van der Waals surface area contributed by atoms with Crippen molar-refractivity contribution in [3.8, 4) is 0 Å². The number of hydrogen-bond donors (Lipinski definition) is 0. The molecule has 1 atom stereocenters. The van der Waals surface area contributed by atoms with Crippen LogP contribution in [0.25, 0.3) is 11.1 Å². The minimum Gasteiger partial charge on any atom is -0.440 e. The summed E-state index contributed by atoms with van der Waals surface area (Å²) >= 11 is 0. The molecule has 5 nitrogen and oxygen atoms in total. The Balaban J connectivity index is 1.89. The number of rotatable bonds is 2. The van der Waals surface area contributed by atoms with Crippen LogP contribution in [0.1, 0.15) is 24.7 Å². The topological polar surface area (TPSA) is 63.4 Å². The number of hydrogen-bond acceptors (Lipinski definition) is 4. The van der Waals surface area contributed by atoms with E-state index in [1.54, 1.807) is 0 Å². The molecule has 0 radical (unpaired) electrons. The second kappa shape index (κ2) is 4.61. The zero-order valence-corrected chi connectivity index (χ0v) is 11.6. The molecule has 1 aliphatic heterocycles. The molecule has 2 aromatic rings. The van der Waals surface area contributed by atoms with E-state index >= 15 is 0 Å². The van der Waals surface area contributed by atoms with Crippen molar-refractivity contribution in [1.29, 1.82) is 0 Å². The fourth-order valence-electron chi connectivity index (χ4n) is 2.51. The highest BCUT2D eigenvalue weighted by atomic mass is 32.2. The van der Waals surface area contributed by atoms with Crippen molar-refractivity contribution in [3.05, 3.63) is 30.2 Å². The standard InChI is InChI=1S/C13H16N2O3S/c1-19(16,17)15-8-4-5-10(9-15)13-14-11-6-2-3-7-12(11)18-13/h2-3,6-7,10H,4-5,8-9H2,1H3. The fourth-order valence-corrected chi connectivity index (χ4v) is 3.42. The first kappa shape index (κ1) is 12.6. The summed E-state index contributed by atoms with van der Waals surface area (Å²) in [7, 11) is -3.13. The monoisotopic (exact) mass is 280 g/mol. The number of nitrogens with zero attached hydrogens (tertiary/aromatic N) is 2. The smallest absolute Gasteiger partial charge is 0.211 e. The maximum atomic E-state index is 11.6. The van der Waals surface area contributed by atoms with E-state index in [0.29, 0.717) is 19.0 Å². The Kier molecular flexibility index (Phi) is 3.06. The maximum absolute atomic E-state index is 11.6. The lowest BCUT2D eigenvalue weighted by atomic mass is 10.00. The zero-order chi connectivity index (χ0) is 13.5. The van der Waals surface area contributed by atoms with Gasteiger partial charge in [-0.05, 0) is 25.0 Å². The number of benzene rings is 1. The van der Waals surface area contributed by atoms with Gasteiger partial charge in [0.1, 0.15) is 5.52 Å². The van der Waals surface area contributed by atoms with E-state index < -0.39 is 10.0 Å². The molecule has 102 valence electrons. The quantitative estimate of drug-likeness (QED) is 0.843. The average Bonchev–Trinajstić information content (AvgIpc) is 2.81. The SMILES string of the molecule is CS(=O)(=O)N1CCCC(c2nc3ccccc3o2)C1. The molecule has 6 heteroatoms. The molecule has 0 spiro atoms. The molecule has 0 saturated carbocycles. The third-order valence-electron chi connectivity index (χ3n) is 3.51. The first-order valence-electron chi connectivity index (χ1n) is 6.34. The number of aromatic nitrogens is 1. The molecule has 1 aliphatic rings. The van der Waals surface area contributed by atoms with Crippen molar-refractivity contribution in [2.75, 3.05) is 19.3 Å². The molecule has 3 rings (SSSR count). The van der Waals surface area contributed by atoms with Crippen LogP contribution in [-0.4, -0.2) is 37.1 Å². The van der Waals surface area contributed by atoms with Crippen LogP contribution < -0.4 is 0 Å². The van der Waals surface area contributed by atoms with Crippen molar-refractivity contribution in [1.82, 2.24) is 9.29 Å². The van der Waals surface area contributed by atoms with Gasteiger partial charge in [-0.1, -0.05) is 12.1 Å². The first-order chi connectivity index (χ1) is 9.04. The van der Waals surface area contributed by atoms with Gasteiger partial charge in [-0.25, -0.2) is 17.7 Å². The van der Waals surface area contributed by atoms with Gasteiger partial charge in [0, 0.05) is 19.0 Å². The molecule has 1 fully saturated rings. The summed E-state index contributed by atoms with van der Waals surface area (Å²) < 4.78 is 30.5. The Morgan fingerprint density at radius 3 is 2.89 bits per heavy atom. The van der Waals surface area contributed by atoms with Gasteiger partial charge >= 0.3 is 0 Å². The van der Waals surface area contributed by atoms with Gasteiger partial charge in [-0.15, -0.1) is 0 Å². The molecule has 19 heavy (non-hydrogen) atoms. The Bertz CT molecular complexity index is 660. The van der Waals surface area contributed by atoms with Crippen molar-refractivity contribution >= 4 is 21.1 Å². The highest BCUT2D eigenvalue weighted by Gasteiger charge is 2.29. The van der Waals surface area contributed by atoms with Crippen LogP contribution in [-0.2, 0) is 10.0 Å². The van der Waals surface area contributed by atoms with Crippen LogP contribution in [0.4, 0.5) is 0 Å².